The van der Waals surface area contributed by atoms with Gasteiger partial charge in [-0.05, 0) is 69.2 Å². The van der Waals surface area contributed by atoms with E-state index in [1.807, 2.05) is 105 Å². The second kappa shape index (κ2) is 9.62. The lowest BCUT2D eigenvalue weighted by Gasteiger charge is -2.26. The van der Waals surface area contributed by atoms with Crippen molar-refractivity contribution < 1.29 is 4.79 Å². The number of anilines is 1. The minimum atomic E-state index is -0.151. The minimum Gasteiger partial charge on any atom is -0.309 e. The van der Waals surface area contributed by atoms with E-state index in [1.54, 1.807) is 9.47 Å². The summed E-state index contributed by atoms with van der Waals surface area (Å²) in [5.41, 5.74) is 4.19. The Morgan fingerprint density at radius 1 is 0.972 bits per heavy atom. The third-order valence-corrected chi connectivity index (χ3v) is 7.06. The van der Waals surface area contributed by atoms with E-state index < -0.39 is 0 Å². The van der Waals surface area contributed by atoms with Crippen molar-refractivity contribution in [3.05, 3.63) is 94.3 Å². The Hall–Kier alpha value is -3.91. The number of benzene rings is 3. The standard InChI is InChI=1S/C28H27N5O2S/c1-18(2)31(21-10-6-5-7-11-21)25(34)17-36-28-30-29-27-32(24-16-19(3)14-15-20(24)4)26(35)22-12-8-9-13-23(22)33(27)28/h5-16,18H,17H2,1-4H3. The van der Waals surface area contributed by atoms with Crippen molar-refractivity contribution in [1.82, 2.24) is 19.2 Å². The summed E-state index contributed by atoms with van der Waals surface area (Å²) in [6.07, 6.45) is 0. The highest BCUT2D eigenvalue weighted by molar-refractivity contribution is 7.99. The number of carbonyl (C=O) groups excluding carboxylic acids is 1. The Labute approximate surface area is 213 Å². The van der Waals surface area contributed by atoms with Gasteiger partial charge in [0.2, 0.25) is 11.7 Å². The lowest BCUT2D eigenvalue weighted by Crippen LogP contribution is -2.38. The van der Waals surface area contributed by atoms with Gasteiger partial charge in [0.25, 0.3) is 5.56 Å². The zero-order valence-electron chi connectivity index (χ0n) is 20.7. The summed E-state index contributed by atoms with van der Waals surface area (Å²) in [5, 5.41) is 9.96. The molecule has 0 aliphatic carbocycles. The fraction of sp³-hybridized carbons (Fsp3) is 0.214. The molecular weight excluding hydrogens is 470 g/mol. The van der Waals surface area contributed by atoms with Crippen LogP contribution in [-0.2, 0) is 4.79 Å². The Morgan fingerprint density at radius 2 is 1.69 bits per heavy atom. The maximum Gasteiger partial charge on any atom is 0.267 e. The van der Waals surface area contributed by atoms with Gasteiger partial charge in [0.15, 0.2) is 5.16 Å². The molecule has 0 bridgehead atoms. The summed E-state index contributed by atoms with van der Waals surface area (Å²) in [6.45, 7) is 7.97. The number of aryl methyl sites for hydroxylation is 2. The number of hydrogen-bond donors (Lipinski definition) is 0. The van der Waals surface area contributed by atoms with E-state index in [0.29, 0.717) is 21.8 Å². The number of nitrogens with zero attached hydrogens (tertiary/aromatic N) is 5. The lowest BCUT2D eigenvalue weighted by molar-refractivity contribution is -0.116. The third kappa shape index (κ3) is 4.18. The van der Waals surface area contributed by atoms with Crippen LogP contribution in [0.3, 0.4) is 0 Å². The number of hydrogen-bond acceptors (Lipinski definition) is 5. The molecule has 3 aromatic carbocycles. The molecule has 2 heterocycles. The summed E-state index contributed by atoms with van der Waals surface area (Å²) < 4.78 is 3.49. The van der Waals surface area contributed by atoms with Crippen LogP contribution in [0.2, 0.25) is 0 Å². The summed E-state index contributed by atoms with van der Waals surface area (Å²) >= 11 is 1.32. The van der Waals surface area contributed by atoms with Crippen molar-refractivity contribution in [2.45, 2.75) is 38.9 Å². The molecule has 0 spiro atoms. The topological polar surface area (TPSA) is 72.5 Å². The third-order valence-electron chi connectivity index (χ3n) is 6.14. The Bertz CT molecular complexity index is 1640. The fourth-order valence-electron chi connectivity index (χ4n) is 4.46. The predicted molar refractivity (Wildman–Crippen MR) is 145 cm³/mol. The van der Waals surface area contributed by atoms with Crippen molar-refractivity contribution in [1.29, 1.82) is 0 Å². The maximum absolute atomic E-state index is 13.6. The minimum absolute atomic E-state index is 0.00551. The van der Waals surface area contributed by atoms with Gasteiger partial charge in [0.1, 0.15) is 0 Å². The number of fused-ring (bicyclic) bond motifs is 3. The average molecular weight is 498 g/mol. The van der Waals surface area contributed by atoms with Crippen LogP contribution in [0, 0.1) is 13.8 Å². The van der Waals surface area contributed by atoms with Crippen LogP contribution in [0.4, 0.5) is 5.69 Å². The predicted octanol–water partition coefficient (Wildman–Crippen LogP) is 5.18. The lowest BCUT2D eigenvalue weighted by atomic mass is 10.1. The van der Waals surface area contributed by atoms with Crippen molar-refractivity contribution in [2.24, 2.45) is 0 Å². The summed E-state index contributed by atoms with van der Waals surface area (Å²) in [5.74, 6) is 0.585. The van der Waals surface area contributed by atoms with Gasteiger partial charge < -0.3 is 4.90 Å². The highest BCUT2D eigenvalue weighted by Crippen LogP contribution is 2.26. The largest absolute Gasteiger partial charge is 0.309 e. The molecule has 36 heavy (non-hydrogen) atoms. The molecule has 0 aliphatic heterocycles. The highest BCUT2D eigenvalue weighted by atomic mass is 32.2. The van der Waals surface area contributed by atoms with Gasteiger partial charge in [0, 0.05) is 11.7 Å². The molecule has 7 nitrogen and oxygen atoms in total. The molecular formula is C28H27N5O2S. The first-order chi connectivity index (χ1) is 17.4. The molecule has 0 fully saturated rings. The SMILES string of the molecule is Cc1ccc(C)c(-n2c(=O)c3ccccc3n3c(SCC(=O)N(c4ccccc4)C(C)C)nnc23)c1. The van der Waals surface area contributed by atoms with E-state index in [4.69, 9.17) is 0 Å². The molecule has 5 rings (SSSR count). The van der Waals surface area contributed by atoms with Crippen LogP contribution in [0.5, 0.6) is 0 Å². The van der Waals surface area contributed by atoms with Crippen LogP contribution in [0.25, 0.3) is 22.4 Å². The monoisotopic (exact) mass is 497 g/mol. The smallest absolute Gasteiger partial charge is 0.267 e. The van der Waals surface area contributed by atoms with E-state index >= 15 is 0 Å². The molecule has 1 amide bonds. The van der Waals surface area contributed by atoms with Gasteiger partial charge in [-0.1, -0.05) is 54.2 Å². The van der Waals surface area contributed by atoms with Gasteiger partial charge in [-0.25, -0.2) is 4.57 Å². The van der Waals surface area contributed by atoms with E-state index in [-0.39, 0.29) is 23.3 Å². The van der Waals surface area contributed by atoms with Gasteiger partial charge >= 0.3 is 0 Å². The first-order valence-electron chi connectivity index (χ1n) is 11.8. The van der Waals surface area contributed by atoms with Crippen molar-refractivity contribution in [3.8, 4) is 5.69 Å². The van der Waals surface area contributed by atoms with Crippen molar-refractivity contribution >= 4 is 40.0 Å². The summed E-state index contributed by atoms with van der Waals surface area (Å²) in [7, 11) is 0. The van der Waals surface area contributed by atoms with Gasteiger partial charge in [-0.15, -0.1) is 10.2 Å². The molecule has 0 radical (unpaired) electrons. The Balaban J connectivity index is 1.61. The molecule has 2 aromatic heterocycles. The molecule has 0 aliphatic rings. The van der Waals surface area contributed by atoms with Crippen LogP contribution in [0.15, 0.2) is 82.7 Å². The Kier molecular flexibility index (Phi) is 6.36. The molecule has 5 aromatic rings. The van der Waals surface area contributed by atoms with Crippen LogP contribution < -0.4 is 10.5 Å². The van der Waals surface area contributed by atoms with Gasteiger partial charge in [0.05, 0.1) is 22.3 Å². The first-order valence-corrected chi connectivity index (χ1v) is 12.8. The van der Waals surface area contributed by atoms with E-state index in [9.17, 15) is 9.59 Å². The summed E-state index contributed by atoms with van der Waals surface area (Å²) in [4.78, 5) is 28.7. The Morgan fingerprint density at radius 3 is 2.44 bits per heavy atom. The number of rotatable bonds is 6. The van der Waals surface area contributed by atoms with Crippen LogP contribution in [-0.4, -0.2) is 36.9 Å². The fourth-order valence-corrected chi connectivity index (χ4v) is 5.26. The normalized spacial score (nSPS) is 11.5. The molecule has 0 saturated carbocycles. The maximum atomic E-state index is 13.6. The van der Waals surface area contributed by atoms with Gasteiger partial charge in [-0.3, -0.25) is 14.0 Å². The number of amides is 1. The van der Waals surface area contributed by atoms with Crippen LogP contribution >= 0.6 is 11.8 Å². The molecule has 0 N–H and O–H groups in total. The number of carbonyl (C=O) groups is 1. The molecule has 182 valence electrons. The number of aromatic nitrogens is 4. The van der Waals surface area contributed by atoms with E-state index in [2.05, 4.69) is 10.2 Å². The van der Waals surface area contributed by atoms with Crippen LogP contribution in [0.1, 0.15) is 25.0 Å². The number of para-hydroxylation sites is 2. The molecule has 8 heteroatoms. The van der Waals surface area contributed by atoms with E-state index in [1.165, 1.54) is 11.8 Å². The highest BCUT2D eigenvalue weighted by Gasteiger charge is 2.22. The van der Waals surface area contributed by atoms with Crippen molar-refractivity contribution in [2.75, 3.05) is 10.7 Å². The first kappa shape index (κ1) is 23.8. The molecule has 0 unspecified atom stereocenters. The second-order valence-electron chi connectivity index (χ2n) is 9.05. The zero-order valence-corrected chi connectivity index (χ0v) is 21.5. The van der Waals surface area contributed by atoms with Crippen molar-refractivity contribution in [3.63, 3.8) is 0 Å². The molecule has 0 atom stereocenters. The summed E-state index contributed by atoms with van der Waals surface area (Å²) in [6, 6.07) is 23.1. The quantitative estimate of drug-likeness (QED) is 0.302. The van der Waals surface area contributed by atoms with E-state index in [0.717, 1.165) is 22.5 Å². The number of thioether (sulfide) groups is 1. The van der Waals surface area contributed by atoms with Gasteiger partial charge in [-0.2, -0.15) is 0 Å². The molecule has 0 saturated heterocycles. The average Bonchev–Trinajstić information content (AvgIpc) is 3.29. The second-order valence-corrected chi connectivity index (χ2v) is 9.99. The zero-order chi connectivity index (χ0) is 25.4.